The molecule has 19 heavy (non-hydrogen) atoms. The number of carbonyl (C=O) groups excluding carboxylic acids is 2. The molecule has 0 fully saturated rings. The fraction of sp³-hybridized carbons (Fsp3) is 0.833. The highest BCUT2D eigenvalue weighted by Crippen LogP contribution is 2.20. The summed E-state index contributed by atoms with van der Waals surface area (Å²) in [6.45, 7) is 3.61. The average Bonchev–Trinajstić information content (AvgIpc) is 2.40. The molecule has 3 N–H and O–H groups in total. The maximum absolute atomic E-state index is 11.9. The van der Waals surface area contributed by atoms with Gasteiger partial charge < -0.3 is 20.4 Å². The van der Waals surface area contributed by atoms with Crippen LogP contribution in [0, 0.1) is 5.41 Å². The normalized spacial score (nSPS) is 12.9. The zero-order valence-corrected chi connectivity index (χ0v) is 12.6. The second kappa shape index (κ2) is 8.39. The first-order valence-corrected chi connectivity index (χ1v) is 6.81. The summed E-state index contributed by atoms with van der Waals surface area (Å²) in [5.41, 5.74) is -0.903. The highest BCUT2D eigenvalue weighted by atomic mass is 32.1. The molecule has 0 aromatic heterocycles. The third-order valence-corrected chi connectivity index (χ3v) is 3.09. The Balaban J connectivity index is 4.24. The molecule has 0 saturated carbocycles. The zero-order chi connectivity index (χ0) is 15.1. The number of nitrogens with zero attached hydrogens (tertiary/aromatic N) is 1. The number of aliphatic hydroxyl groups is 2. The number of thiol groups is 1. The molecule has 0 aliphatic rings. The molecule has 0 spiro atoms. The predicted octanol–water partition coefficient (Wildman–Crippen LogP) is -0.740. The van der Waals surface area contributed by atoms with Crippen molar-refractivity contribution in [3.8, 4) is 0 Å². The van der Waals surface area contributed by atoms with E-state index >= 15 is 0 Å². The van der Waals surface area contributed by atoms with E-state index in [4.69, 9.17) is 5.11 Å². The maximum Gasteiger partial charge on any atom is 0.251 e. The van der Waals surface area contributed by atoms with Crippen molar-refractivity contribution in [3.63, 3.8) is 0 Å². The summed E-state index contributed by atoms with van der Waals surface area (Å²) in [6, 6.07) is 0. The van der Waals surface area contributed by atoms with E-state index in [1.807, 2.05) is 0 Å². The molecule has 0 aromatic rings. The van der Waals surface area contributed by atoms with Crippen LogP contribution in [0.15, 0.2) is 0 Å². The molecule has 0 heterocycles. The lowest BCUT2D eigenvalue weighted by atomic mass is 9.87. The van der Waals surface area contributed by atoms with E-state index in [2.05, 4.69) is 17.9 Å². The summed E-state index contributed by atoms with van der Waals surface area (Å²) in [6.07, 6.45) is -1.12. The van der Waals surface area contributed by atoms with Gasteiger partial charge in [0.2, 0.25) is 5.91 Å². The van der Waals surface area contributed by atoms with Gasteiger partial charge in [-0.1, -0.05) is 13.8 Å². The van der Waals surface area contributed by atoms with Gasteiger partial charge in [0.25, 0.3) is 5.91 Å². The third-order valence-electron chi connectivity index (χ3n) is 2.87. The molecule has 6 nitrogen and oxygen atoms in total. The van der Waals surface area contributed by atoms with Gasteiger partial charge >= 0.3 is 0 Å². The van der Waals surface area contributed by atoms with E-state index in [0.717, 1.165) is 0 Å². The van der Waals surface area contributed by atoms with Gasteiger partial charge in [0.15, 0.2) is 0 Å². The van der Waals surface area contributed by atoms with Crippen molar-refractivity contribution in [1.82, 2.24) is 10.2 Å². The van der Waals surface area contributed by atoms with Crippen molar-refractivity contribution in [3.05, 3.63) is 0 Å². The van der Waals surface area contributed by atoms with Crippen molar-refractivity contribution in [1.29, 1.82) is 0 Å². The van der Waals surface area contributed by atoms with Crippen molar-refractivity contribution in [2.75, 3.05) is 32.5 Å². The van der Waals surface area contributed by atoms with Crippen LogP contribution >= 0.6 is 12.6 Å². The number of nitrogens with one attached hydrogen (secondary N) is 1. The molecular weight excluding hydrogens is 268 g/mol. The fourth-order valence-corrected chi connectivity index (χ4v) is 1.40. The van der Waals surface area contributed by atoms with Gasteiger partial charge in [-0.2, -0.15) is 12.6 Å². The number of hydrogen-bond acceptors (Lipinski definition) is 5. The van der Waals surface area contributed by atoms with Crippen molar-refractivity contribution in [2.24, 2.45) is 5.41 Å². The predicted molar refractivity (Wildman–Crippen MR) is 76.0 cm³/mol. The van der Waals surface area contributed by atoms with Crippen LogP contribution in [0.3, 0.4) is 0 Å². The smallest absolute Gasteiger partial charge is 0.251 e. The van der Waals surface area contributed by atoms with Crippen LogP contribution in [0.2, 0.25) is 0 Å². The number of rotatable bonds is 8. The van der Waals surface area contributed by atoms with E-state index in [0.29, 0.717) is 12.3 Å². The van der Waals surface area contributed by atoms with Gasteiger partial charge in [0.05, 0.1) is 6.61 Å². The van der Waals surface area contributed by atoms with Crippen LogP contribution in [-0.2, 0) is 9.59 Å². The summed E-state index contributed by atoms with van der Waals surface area (Å²) in [5, 5.41) is 21.6. The molecule has 0 aliphatic heterocycles. The number of amides is 2. The van der Waals surface area contributed by atoms with E-state index in [-0.39, 0.29) is 25.5 Å². The Morgan fingerprint density at radius 3 is 2.47 bits per heavy atom. The van der Waals surface area contributed by atoms with E-state index < -0.39 is 17.4 Å². The van der Waals surface area contributed by atoms with Gasteiger partial charge in [-0.05, 0) is 0 Å². The Morgan fingerprint density at radius 2 is 2.00 bits per heavy atom. The Labute approximate surface area is 119 Å². The van der Waals surface area contributed by atoms with Gasteiger partial charge in [-0.3, -0.25) is 9.59 Å². The number of likely N-dealkylation sites (N-methyl/N-ethyl adjacent to an activating group) is 1. The molecule has 0 aromatic carbocycles. The largest absolute Gasteiger partial charge is 0.396 e. The van der Waals surface area contributed by atoms with E-state index in [1.54, 1.807) is 13.8 Å². The highest BCUT2D eigenvalue weighted by molar-refractivity contribution is 7.80. The van der Waals surface area contributed by atoms with Crippen LogP contribution in [0.1, 0.15) is 20.3 Å². The maximum atomic E-state index is 11.9. The lowest BCUT2D eigenvalue weighted by Gasteiger charge is -2.30. The van der Waals surface area contributed by atoms with Gasteiger partial charge in [0.1, 0.15) is 6.10 Å². The molecule has 0 bridgehead atoms. The molecule has 7 heteroatoms. The molecule has 0 aliphatic carbocycles. The first-order valence-electron chi connectivity index (χ1n) is 6.17. The van der Waals surface area contributed by atoms with Crippen LogP contribution in [-0.4, -0.2) is 65.5 Å². The monoisotopic (exact) mass is 292 g/mol. The number of carbonyl (C=O) groups is 2. The second-order valence-electron chi connectivity index (χ2n) is 5.13. The lowest BCUT2D eigenvalue weighted by molar-refractivity contribution is -0.147. The molecule has 112 valence electrons. The molecule has 1 atom stereocenters. The van der Waals surface area contributed by atoms with Gasteiger partial charge in [0, 0.05) is 37.7 Å². The second-order valence-corrected chi connectivity index (χ2v) is 5.58. The van der Waals surface area contributed by atoms with Crippen LogP contribution in [0.5, 0.6) is 0 Å². The van der Waals surface area contributed by atoms with Gasteiger partial charge in [-0.15, -0.1) is 0 Å². The first-order chi connectivity index (χ1) is 8.76. The average molecular weight is 292 g/mol. The van der Waals surface area contributed by atoms with Crippen LogP contribution < -0.4 is 5.32 Å². The molecule has 0 unspecified atom stereocenters. The van der Waals surface area contributed by atoms with Gasteiger partial charge in [-0.25, -0.2) is 0 Å². The highest BCUT2D eigenvalue weighted by Gasteiger charge is 2.34. The minimum Gasteiger partial charge on any atom is -0.396 e. The summed E-state index contributed by atoms with van der Waals surface area (Å²) in [7, 11) is 1.52. The van der Waals surface area contributed by atoms with E-state index in [1.165, 1.54) is 11.9 Å². The first kappa shape index (κ1) is 18.2. The Kier molecular flexibility index (Phi) is 8.05. The van der Waals surface area contributed by atoms with Crippen molar-refractivity contribution >= 4 is 24.4 Å². The Hall–Kier alpha value is -0.790. The minimum atomic E-state index is -1.29. The Bertz CT molecular complexity index is 310. The SMILES string of the molecule is CN(CCC(=O)NCCS)C(=O)[C@H](O)C(C)(C)CO. The lowest BCUT2D eigenvalue weighted by Crippen LogP contribution is -2.47. The fourth-order valence-electron chi connectivity index (χ4n) is 1.29. The van der Waals surface area contributed by atoms with E-state index in [9.17, 15) is 14.7 Å². The molecular formula is C12H24N2O4S. The molecule has 2 amide bonds. The van der Waals surface area contributed by atoms with Crippen LogP contribution in [0.25, 0.3) is 0 Å². The number of hydrogen-bond donors (Lipinski definition) is 4. The van der Waals surface area contributed by atoms with Crippen molar-refractivity contribution < 1.29 is 19.8 Å². The third kappa shape index (κ3) is 6.26. The summed E-state index contributed by atoms with van der Waals surface area (Å²) in [4.78, 5) is 24.6. The standard InChI is InChI=1S/C12H24N2O4S/c1-12(2,8-15)10(17)11(18)14(3)6-4-9(16)13-5-7-19/h10,15,17,19H,4-8H2,1-3H3,(H,13,16)/t10-/m0/s1. The molecule has 0 radical (unpaired) electrons. The minimum absolute atomic E-state index is 0.162. The summed E-state index contributed by atoms with van der Waals surface area (Å²) < 4.78 is 0. The quantitative estimate of drug-likeness (QED) is 0.444. The summed E-state index contributed by atoms with van der Waals surface area (Å²) >= 11 is 3.97. The summed E-state index contributed by atoms with van der Waals surface area (Å²) in [5.74, 6) is -0.102. The molecule has 0 saturated heterocycles. The topological polar surface area (TPSA) is 89.9 Å². The van der Waals surface area contributed by atoms with Crippen molar-refractivity contribution in [2.45, 2.75) is 26.4 Å². The Morgan fingerprint density at radius 1 is 1.42 bits per heavy atom. The molecule has 0 rings (SSSR count). The number of aliphatic hydroxyl groups excluding tert-OH is 2. The zero-order valence-electron chi connectivity index (χ0n) is 11.7. The van der Waals surface area contributed by atoms with Crippen LogP contribution in [0.4, 0.5) is 0 Å².